The summed E-state index contributed by atoms with van der Waals surface area (Å²) in [4.78, 5) is 4.20. The number of nitrogens with zero attached hydrogens (tertiary/aromatic N) is 2. The Bertz CT molecular complexity index is 583. The van der Waals surface area contributed by atoms with Crippen LogP contribution in [0.2, 0.25) is 0 Å². The zero-order valence-corrected chi connectivity index (χ0v) is 9.04. The number of benzene rings is 2. The highest BCUT2D eigenvalue weighted by molar-refractivity contribution is 6.14. The van der Waals surface area contributed by atoms with E-state index < -0.39 is 0 Å². The van der Waals surface area contributed by atoms with Crippen molar-refractivity contribution in [2.75, 3.05) is 0 Å². The van der Waals surface area contributed by atoms with Gasteiger partial charge in [0.15, 0.2) is 5.71 Å². The van der Waals surface area contributed by atoms with E-state index in [0.29, 0.717) is 11.3 Å². The van der Waals surface area contributed by atoms with Crippen molar-refractivity contribution in [2.24, 2.45) is 4.99 Å². The van der Waals surface area contributed by atoms with Gasteiger partial charge in [-0.25, -0.2) is 4.99 Å². The van der Waals surface area contributed by atoms with Crippen LogP contribution in [0.15, 0.2) is 59.6 Å². The lowest BCUT2D eigenvalue weighted by Gasteiger charge is -2.01. The van der Waals surface area contributed by atoms with E-state index in [4.69, 9.17) is 5.26 Å². The number of phenolic OH excluding ortho intramolecular Hbond substituents is 1. The van der Waals surface area contributed by atoms with Gasteiger partial charge < -0.3 is 5.11 Å². The Labute approximate surface area is 99.3 Å². The van der Waals surface area contributed by atoms with Crippen molar-refractivity contribution in [3.63, 3.8) is 0 Å². The zero-order chi connectivity index (χ0) is 12.1. The Morgan fingerprint density at radius 3 is 2.29 bits per heavy atom. The number of aromatic hydroxyl groups is 1. The van der Waals surface area contributed by atoms with Crippen molar-refractivity contribution in [3.8, 4) is 11.8 Å². The molecular weight excluding hydrogens is 212 g/mol. The average molecular weight is 222 g/mol. The maximum Gasteiger partial charge on any atom is 0.152 e. The molecule has 0 radical (unpaired) electrons. The topological polar surface area (TPSA) is 56.4 Å². The molecular formula is C14H10N2O. The van der Waals surface area contributed by atoms with Crippen molar-refractivity contribution in [1.29, 1.82) is 5.26 Å². The van der Waals surface area contributed by atoms with Gasteiger partial charge in [-0.1, -0.05) is 30.3 Å². The quantitative estimate of drug-likeness (QED) is 0.794. The molecule has 3 nitrogen and oxygen atoms in total. The summed E-state index contributed by atoms with van der Waals surface area (Å²) in [7, 11) is 0. The van der Waals surface area contributed by atoms with Gasteiger partial charge in [0.1, 0.15) is 11.8 Å². The van der Waals surface area contributed by atoms with Crippen LogP contribution in [0.25, 0.3) is 0 Å². The lowest BCUT2D eigenvalue weighted by atomic mass is 10.1. The third-order valence-corrected chi connectivity index (χ3v) is 2.26. The summed E-state index contributed by atoms with van der Waals surface area (Å²) >= 11 is 0. The molecule has 0 saturated carbocycles. The first-order valence-electron chi connectivity index (χ1n) is 5.13. The molecule has 17 heavy (non-hydrogen) atoms. The predicted molar refractivity (Wildman–Crippen MR) is 66.4 cm³/mol. The second kappa shape index (κ2) is 4.95. The van der Waals surface area contributed by atoms with Crippen molar-refractivity contribution in [1.82, 2.24) is 0 Å². The fraction of sp³-hybridized carbons (Fsp3) is 0. The minimum atomic E-state index is 0.0590. The summed E-state index contributed by atoms with van der Waals surface area (Å²) in [6.07, 6.45) is 0. The molecule has 3 heteroatoms. The van der Waals surface area contributed by atoms with Gasteiger partial charge in [-0.3, -0.25) is 0 Å². The van der Waals surface area contributed by atoms with Crippen LogP contribution >= 0.6 is 0 Å². The van der Waals surface area contributed by atoms with Crippen molar-refractivity contribution in [2.45, 2.75) is 0 Å². The number of hydrogen-bond acceptors (Lipinski definition) is 3. The monoisotopic (exact) mass is 222 g/mol. The van der Waals surface area contributed by atoms with Crippen molar-refractivity contribution < 1.29 is 5.11 Å². The molecule has 0 bridgehead atoms. The first-order chi connectivity index (χ1) is 8.31. The van der Waals surface area contributed by atoms with E-state index in [1.165, 1.54) is 6.07 Å². The van der Waals surface area contributed by atoms with Gasteiger partial charge in [-0.05, 0) is 24.3 Å². The van der Waals surface area contributed by atoms with E-state index in [2.05, 4.69) is 4.99 Å². The number of para-hydroxylation sites is 2. The SMILES string of the molecule is N#CC(=Nc1ccccc1)c1ccccc1O. The Morgan fingerprint density at radius 1 is 1.00 bits per heavy atom. The summed E-state index contributed by atoms with van der Waals surface area (Å²) in [5, 5.41) is 18.7. The van der Waals surface area contributed by atoms with Crippen molar-refractivity contribution >= 4 is 11.4 Å². The Morgan fingerprint density at radius 2 is 1.65 bits per heavy atom. The Hall–Kier alpha value is -2.60. The number of nitriles is 1. The summed E-state index contributed by atoms with van der Waals surface area (Å²) in [5.74, 6) is 0.0590. The van der Waals surface area contributed by atoms with E-state index in [0.717, 1.165) is 0 Å². The highest BCUT2D eigenvalue weighted by atomic mass is 16.3. The maximum atomic E-state index is 9.66. The molecule has 2 aromatic carbocycles. The van der Waals surface area contributed by atoms with Crippen LogP contribution in [0.5, 0.6) is 5.75 Å². The first-order valence-corrected chi connectivity index (χ1v) is 5.13. The van der Waals surface area contributed by atoms with Crippen LogP contribution < -0.4 is 0 Å². The second-order valence-corrected chi connectivity index (χ2v) is 3.42. The molecule has 0 aliphatic heterocycles. The molecule has 0 fully saturated rings. The molecule has 0 saturated heterocycles. The standard InChI is InChI=1S/C14H10N2O/c15-10-13(12-8-4-5-9-14(12)17)16-11-6-2-1-3-7-11/h1-9,17H. The van der Waals surface area contributed by atoms with E-state index in [1.54, 1.807) is 30.3 Å². The minimum absolute atomic E-state index is 0.0590. The van der Waals surface area contributed by atoms with Gasteiger partial charge in [-0.15, -0.1) is 0 Å². The third-order valence-electron chi connectivity index (χ3n) is 2.26. The van der Waals surface area contributed by atoms with Gasteiger partial charge in [-0.2, -0.15) is 5.26 Å². The summed E-state index contributed by atoms with van der Waals surface area (Å²) in [5.41, 5.74) is 1.33. The van der Waals surface area contributed by atoms with Crippen LogP contribution in [0.1, 0.15) is 5.56 Å². The Kier molecular flexibility index (Phi) is 3.18. The van der Waals surface area contributed by atoms with E-state index in [-0.39, 0.29) is 11.5 Å². The summed E-state index contributed by atoms with van der Waals surface area (Å²) < 4.78 is 0. The van der Waals surface area contributed by atoms with Crippen LogP contribution in [-0.2, 0) is 0 Å². The molecule has 0 atom stereocenters. The molecule has 0 aromatic heterocycles. The fourth-order valence-corrected chi connectivity index (χ4v) is 1.45. The second-order valence-electron chi connectivity index (χ2n) is 3.42. The largest absolute Gasteiger partial charge is 0.507 e. The summed E-state index contributed by atoms with van der Waals surface area (Å²) in [6.45, 7) is 0. The Balaban J connectivity index is 2.46. The molecule has 0 aliphatic rings. The van der Waals surface area contributed by atoms with Crippen LogP contribution in [0, 0.1) is 11.3 Å². The summed E-state index contributed by atoms with van der Waals surface area (Å²) in [6, 6.07) is 17.8. The van der Waals surface area contributed by atoms with Gasteiger partial charge in [0.2, 0.25) is 0 Å². The highest BCUT2D eigenvalue weighted by Gasteiger charge is 2.07. The fourth-order valence-electron chi connectivity index (χ4n) is 1.45. The first kappa shape index (κ1) is 10.9. The molecule has 2 aromatic rings. The van der Waals surface area contributed by atoms with Gasteiger partial charge in [0.05, 0.1) is 11.3 Å². The van der Waals surface area contributed by atoms with Crippen LogP contribution in [-0.4, -0.2) is 10.8 Å². The molecule has 0 heterocycles. The predicted octanol–water partition coefficient (Wildman–Crippen LogP) is 3.04. The molecule has 0 unspecified atom stereocenters. The molecule has 2 rings (SSSR count). The lowest BCUT2D eigenvalue weighted by Crippen LogP contribution is -1.96. The molecule has 0 spiro atoms. The maximum absolute atomic E-state index is 9.66. The molecule has 0 aliphatic carbocycles. The zero-order valence-electron chi connectivity index (χ0n) is 9.04. The average Bonchev–Trinajstić information content (AvgIpc) is 2.38. The minimum Gasteiger partial charge on any atom is -0.507 e. The van der Waals surface area contributed by atoms with E-state index in [1.807, 2.05) is 24.3 Å². The highest BCUT2D eigenvalue weighted by Crippen LogP contribution is 2.19. The number of rotatable bonds is 2. The number of phenols is 1. The van der Waals surface area contributed by atoms with Gasteiger partial charge >= 0.3 is 0 Å². The van der Waals surface area contributed by atoms with Crippen molar-refractivity contribution in [3.05, 3.63) is 60.2 Å². The molecule has 1 N–H and O–H groups in total. The van der Waals surface area contributed by atoms with E-state index in [9.17, 15) is 5.11 Å². The smallest absolute Gasteiger partial charge is 0.152 e. The van der Waals surface area contributed by atoms with E-state index >= 15 is 0 Å². The number of aliphatic imine (C=N–C) groups is 1. The number of hydrogen-bond donors (Lipinski definition) is 1. The lowest BCUT2D eigenvalue weighted by molar-refractivity contribution is 0.474. The third kappa shape index (κ3) is 2.50. The van der Waals surface area contributed by atoms with Gasteiger partial charge in [0.25, 0.3) is 0 Å². The normalized spacial score (nSPS) is 10.9. The van der Waals surface area contributed by atoms with Crippen LogP contribution in [0.3, 0.4) is 0 Å². The van der Waals surface area contributed by atoms with Crippen LogP contribution in [0.4, 0.5) is 5.69 Å². The molecule has 0 amide bonds. The van der Waals surface area contributed by atoms with Gasteiger partial charge in [0, 0.05) is 0 Å². The molecule has 82 valence electrons.